The van der Waals surface area contributed by atoms with Gasteiger partial charge < -0.3 is 14.4 Å². The maximum Gasteiger partial charge on any atom is 0.238 e. The van der Waals surface area contributed by atoms with Gasteiger partial charge in [0.25, 0.3) is 0 Å². The fraction of sp³-hybridized carbons (Fsp3) is 0.571. The zero-order chi connectivity index (χ0) is 19.3. The summed E-state index contributed by atoms with van der Waals surface area (Å²) in [7, 11) is 3.84. The van der Waals surface area contributed by atoms with Crippen molar-refractivity contribution in [2.45, 2.75) is 55.8 Å². The molecule has 2 aromatic heterocycles. The van der Waals surface area contributed by atoms with Crippen LogP contribution in [-0.4, -0.2) is 47.1 Å². The lowest BCUT2D eigenvalue weighted by Crippen LogP contribution is -2.20. The second kappa shape index (κ2) is 9.09. The molecule has 3 heterocycles. The van der Waals surface area contributed by atoms with E-state index >= 15 is 0 Å². The number of hydrogen-bond donors (Lipinski definition) is 1. The minimum Gasteiger partial charge on any atom is -0.479 e. The van der Waals surface area contributed by atoms with Crippen LogP contribution in [0.3, 0.4) is 0 Å². The van der Waals surface area contributed by atoms with Crippen molar-refractivity contribution in [3.8, 4) is 5.88 Å². The molecule has 1 N–H and O–H groups in total. The molecule has 6 nitrogen and oxygen atoms in total. The van der Waals surface area contributed by atoms with Crippen molar-refractivity contribution in [3.05, 3.63) is 35.5 Å². The highest BCUT2D eigenvalue weighted by molar-refractivity contribution is 8.00. The molecule has 28 heavy (non-hydrogen) atoms. The first-order valence-electron chi connectivity index (χ1n) is 10.2. The molecule has 0 saturated heterocycles. The molecular weight excluding hydrogens is 370 g/mol. The standard InChI is InChI=1S/C21H29N5OS/c1-26-10-8-16-12-19(21(27-2)24-18(16)9-11-26)25-28-17-13-22-20(23-14-17)15-6-4-3-5-7-15/h12-15,25H,3-11H2,1-2H3. The molecular formula is C21H29N5OS. The first-order valence-corrected chi connectivity index (χ1v) is 11.0. The van der Waals surface area contributed by atoms with Crippen molar-refractivity contribution in [1.29, 1.82) is 0 Å². The lowest BCUT2D eigenvalue weighted by atomic mass is 9.89. The first kappa shape index (κ1) is 19.5. The van der Waals surface area contributed by atoms with Gasteiger partial charge in [-0.2, -0.15) is 0 Å². The van der Waals surface area contributed by atoms with E-state index in [4.69, 9.17) is 9.72 Å². The number of likely N-dealkylation sites (N-methyl/N-ethyl adjacent to an activating group) is 1. The Morgan fingerprint density at radius 3 is 2.61 bits per heavy atom. The number of pyridine rings is 1. The van der Waals surface area contributed by atoms with Gasteiger partial charge >= 0.3 is 0 Å². The largest absolute Gasteiger partial charge is 0.479 e. The van der Waals surface area contributed by atoms with Crippen LogP contribution in [0.15, 0.2) is 23.4 Å². The lowest BCUT2D eigenvalue weighted by molar-refractivity contribution is 0.351. The van der Waals surface area contributed by atoms with E-state index in [1.165, 1.54) is 49.6 Å². The van der Waals surface area contributed by atoms with Crippen LogP contribution >= 0.6 is 11.9 Å². The second-order valence-electron chi connectivity index (χ2n) is 7.77. The summed E-state index contributed by atoms with van der Waals surface area (Å²) in [5.41, 5.74) is 3.36. The number of nitrogens with one attached hydrogen (secondary N) is 1. The minimum atomic E-state index is 0.535. The van der Waals surface area contributed by atoms with E-state index in [1.807, 2.05) is 12.4 Å². The van der Waals surface area contributed by atoms with E-state index in [-0.39, 0.29) is 0 Å². The van der Waals surface area contributed by atoms with Crippen LogP contribution in [0.5, 0.6) is 5.88 Å². The van der Waals surface area contributed by atoms with E-state index in [1.54, 1.807) is 7.11 Å². The highest BCUT2D eigenvalue weighted by atomic mass is 32.2. The SMILES string of the molecule is COc1nc2c(cc1NSc1cnc(C3CCCCC3)nc1)CCN(C)CC2. The highest BCUT2D eigenvalue weighted by Crippen LogP contribution is 2.33. The Kier molecular flexibility index (Phi) is 6.32. The molecule has 0 aromatic carbocycles. The maximum atomic E-state index is 5.53. The van der Waals surface area contributed by atoms with Crippen molar-refractivity contribution < 1.29 is 4.74 Å². The summed E-state index contributed by atoms with van der Waals surface area (Å²) in [6.45, 7) is 2.10. The molecule has 0 spiro atoms. The fourth-order valence-electron chi connectivity index (χ4n) is 4.02. The normalized spacial score (nSPS) is 18.4. The zero-order valence-electron chi connectivity index (χ0n) is 16.8. The molecule has 2 aliphatic rings. The molecule has 1 aliphatic heterocycles. The Labute approximate surface area is 171 Å². The molecule has 1 aliphatic carbocycles. The summed E-state index contributed by atoms with van der Waals surface area (Å²) in [6, 6.07) is 2.19. The predicted octanol–water partition coefficient (Wildman–Crippen LogP) is 4.08. The van der Waals surface area contributed by atoms with Crippen LogP contribution in [-0.2, 0) is 12.8 Å². The molecule has 0 radical (unpaired) electrons. The van der Waals surface area contributed by atoms with Gasteiger partial charge in [-0.3, -0.25) is 0 Å². The molecule has 0 bridgehead atoms. The third kappa shape index (κ3) is 4.58. The van der Waals surface area contributed by atoms with Gasteiger partial charge in [0.15, 0.2) is 0 Å². The molecule has 4 rings (SSSR count). The molecule has 2 aromatic rings. The third-order valence-corrected chi connectivity index (χ3v) is 6.51. The summed E-state index contributed by atoms with van der Waals surface area (Å²) < 4.78 is 8.93. The Balaban J connectivity index is 1.44. The van der Waals surface area contributed by atoms with Gasteiger partial charge in [-0.15, -0.1) is 0 Å². The van der Waals surface area contributed by atoms with E-state index in [0.29, 0.717) is 11.8 Å². The Hall–Kier alpha value is -1.86. The van der Waals surface area contributed by atoms with E-state index in [9.17, 15) is 0 Å². The van der Waals surface area contributed by atoms with Gasteiger partial charge in [0.2, 0.25) is 5.88 Å². The van der Waals surface area contributed by atoms with Gasteiger partial charge in [-0.05, 0) is 49.9 Å². The van der Waals surface area contributed by atoms with Gasteiger partial charge in [0.1, 0.15) is 11.5 Å². The van der Waals surface area contributed by atoms with E-state index in [2.05, 4.69) is 32.7 Å². The number of hydrogen-bond acceptors (Lipinski definition) is 7. The molecule has 1 fully saturated rings. The average Bonchev–Trinajstić information content (AvgIpc) is 2.93. The van der Waals surface area contributed by atoms with E-state index in [0.717, 1.165) is 48.0 Å². The van der Waals surface area contributed by atoms with E-state index < -0.39 is 0 Å². The number of methoxy groups -OCH3 is 1. The minimum absolute atomic E-state index is 0.535. The van der Waals surface area contributed by atoms with Crippen LogP contribution < -0.4 is 9.46 Å². The molecule has 0 atom stereocenters. The van der Waals surface area contributed by atoms with Crippen molar-refractivity contribution in [1.82, 2.24) is 19.9 Å². The van der Waals surface area contributed by atoms with Gasteiger partial charge in [0, 0.05) is 43.5 Å². The smallest absolute Gasteiger partial charge is 0.238 e. The average molecular weight is 400 g/mol. The molecule has 1 saturated carbocycles. The molecule has 0 amide bonds. The molecule has 150 valence electrons. The monoisotopic (exact) mass is 399 g/mol. The summed E-state index contributed by atoms with van der Waals surface area (Å²) in [5, 5.41) is 0. The first-order chi connectivity index (χ1) is 13.7. The Morgan fingerprint density at radius 1 is 1.11 bits per heavy atom. The summed E-state index contributed by atoms with van der Waals surface area (Å²) in [6.07, 6.45) is 12.2. The zero-order valence-corrected chi connectivity index (χ0v) is 17.6. The number of rotatable bonds is 5. The second-order valence-corrected chi connectivity index (χ2v) is 8.65. The number of ether oxygens (including phenoxy) is 1. The summed E-state index contributed by atoms with van der Waals surface area (Å²) in [5.74, 6) is 2.18. The van der Waals surface area contributed by atoms with Crippen LogP contribution in [0.2, 0.25) is 0 Å². The number of aromatic nitrogens is 3. The number of fused-ring (bicyclic) bond motifs is 1. The van der Waals surface area contributed by atoms with Crippen molar-refractivity contribution in [3.63, 3.8) is 0 Å². The number of nitrogens with zero attached hydrogens (tertiary/aromatic N) is 4. The molecule has 0 unspecified atom stereocenters. The Bertz CT molecular complexity index is 792. The van der Waals surface area contributed by atoms with Gasteiger partial charge in [-0.25, -0.2) is 15.0 Å². The topological polar surface area (TPSA) is 63.2 Å². The lowest BCUT2D eigenvalue weighted by Gasteiger charge is -2.20. The van der Waals surface area contributed by atoms with Crippen LogP contribution in [0.4, 0.5) is 5.69 Å². The van der Waals surface area contributed by atoms with Gasteiger partial charge in [0.05, 0.1) is 12.0 Å². The third-order valence-electron chi connectivity index (χ3n) is 5.74. The summed E-state index contributed by atoms with van der Waals surface area (Å²) in [4.78, 5) is 17.4. The van der Waals surface area contributed by atoms with Crippen molar-refractivity contribution >= 4 is 17.6 Å². The van der Waals surface area contributed by atoms with Crippen LogP contribution in [0.1, 0.15) is 55.1 Å². The highest BCUT2D eigenvalue weighted by Gasteiger charge is 2.19. The number of anilines is 1. The Morgan fingerprint density at radius 2 is 1.86 bits per heavy atom. The van der Waals surface area contributed by atoms with Gasteiger partial charge in [-0.1, -0.05) is 19.3 Å². The van der Waals surface area contributed by atoms with Crippen LogP contribution in [0.25, 0.3) is 0 Å². The van der Waals surface area contributed by atoms with Crippen molar-refractivity contribution in [2.75, 3.05) is 32.0 Å². The molecule has 7 heteroatoms. The fourth-order valence-corrected chi connectivity index (χ4v) is 4.60. The quantitative estimate of drug-likeness (QED) is 0.760. The van der Waals surface area contributed by atoms with Crippen LogP contribution in [0, 0.1) is 0 Å². The van der Waals surface area contributed by atoms with Crippen molar-refractivity contribution in [2.24, 2.45) is 0 Å². The summed E-state index contributed by atoms with van der Waals surface area (Å²) >= 11 is 1.51. The predicted molar refractivity (Wildman–Crippen MR) is 113 cm³/mol. The maximum absolute atomic E-state index is 5.53.